The molecular weight excluding hydrogens is 216 g/mol. The Hall–Kier alpha value is -0.410. The molecule has 2 nitrogen and oxygen atoms in total. The zero-order valence-corrected chi connectivity index (χ0v) is 10.1. The fraction of sp³-hybridized carbons (Fsp3) is 0.500. The maximum Gasteiger partial charge on any atom is 0.152 e. The number of pyridine rings is 1. The van der Waals surface area contributed by atoms with Crippen LogP contribution in [0.3, 0.4) is 0 Å². The summed E-state index contributed by atoms with van der Waals surface area (Å²) in [6.07, 6.45) is 5.03. The number of anilines is 1. The summed E-state index contributed by atoms with van der Waals surface area (Å²) in [5, 5.41) is 3.84. The largest absolute Gasteiger partial charge is 0.383 e. The molecule has 4 heteroatoms. The maximum absolute atomic E-state index is 5.93. The SMILES string of the molecule is CSCCCNc1cc(C)cnc1Cl. The molecule has 14 heavy (non-hydrogen) atoms. The summed E-state index contributed by atoms with van der Waals surface area (Å²) in [5.74, 6) is 1.17. The molecule has 0 aromatic carbocycles. The molecule has 0 spiro atoms. The van der Waals surface area contributed by atoms with Crippen molar-refractivity contribution in [1.29, 1.82) is 0 Å². The fourth-order valence-corrected chi connectivity index (χ4v) is 1.72. The molecule has 1 heterocycles. The first kappa shape index (κ1) is 11.7. The number of hydrogen-bond acceptors (Lipinski definition) is 3. The van der Waals surface area contributed by atoms with Gasteiger partial charge in [0.25, 0.3) is 0 Å². The van der Waals surface area contributed by atoms with Gasteiger partial charge in [-0.1, -0.05) is 11.6 Å². The maximum atomic E-state index is 5.93. The summed E-state index contributed by atoms with van der Waals surface area (Å²) in [6, 6.07) is 2.02. The standard InChI is InChI=1S/C10H15ClN2S/c1-8-6-9(10(11)13-7-8)12-4-3-5-14-2/h6-7,12H,3-5H2,1-2H3. The number of thioether (sulfide) groups is 1. The first-order valence-electron chi connectivity index (χ1n) is 4.59. The average Bonchev–Trinajstić information content (AvgIpc) is 2.18. The molecule has 0 amide bonds. The molecular formula is C10H15ClN2S. The first-order valence-corrected chi connectivity index (χ1v) is 6.36. The van der Waals surface area contributed by atoms with Crippen molar-refractivity contribution in [2.45, 2.75) is 13.3 Å². The monoisotopic (exact) mass is 230 g/mol. The summed E-state index contributed by atoms with van der Waals surface area (Å²) in [7, 11) is 0. The number of halogens is 1. The van der Waals surface area contributed by atoms with Crippen LogP contribution in [-0.4, -0.2) is 23.5 Å². The Morgan fingerprint density at radius 3 is 3.07 bits per heavy atom. The van der Waals surface area contributed by atoms with Crippen molar-refractivity contribution in [2.75, 3.05) is 23.9 Å². The van der Waals surface area contributed by atoms with E-state index in [1.807, 2.05) is 24.8 Å². The fourth-order valence-electron chi connectivity index (χ4n) is 1.12. The van der Waals surface area contributed by atoms with Crippen LogP contribution < -0.4 is 5.32 Å². The zero-order valence-electron chi connectivity index (χ0n) is 8.51. The smallest absolute Gasteiger partial charge is 0.152 e. The molecule has 0 bridgehead atoms. The molecule has 1 aromatic rings. The molecule has 0 atom stereocenters. The van der Waals surface area contributed by atoms with E-state index < -0.39 is 0 Å². The predicted molar refractivity (Wildman–Crippen MR) is 65.5 cm³/mol. The number of nitrogens with one attached hydrogen (secondary N) is 1. The van der Waals surface area contributed by atoms with Crippen LogP contribution in [0.5, 0.6) is 0 Å². The summed E-state index contributed by atoms with van der Waals surface area (Å²) in [6.45, 7) is 2.96. The molecule has 0 fully saturated rings. The highest BCUT2D eigenvalue weighted by molar-refractivity contribution is 7.98. The minimum atomic E-state index is 0.555. The molecule has 0 aliphatic heterocycles. The lowest BCUT2D eigenvalue weighted by atomic mass is 10.3. The Labute approximate surface area is 94.5 Å². The van der Waals surface area contributed by atoms with Gasteiger partial charge in [0.1, 0.15) is 0 Å². The van der Waals surface area contributed by atoms with Crippen molar-refractivity contribution < 1.29 is 0 Å². The zero-order chi connectivity index (χ0) is 10.4. The highest BCUT2D eigenvalue weighted by Gasteiger charge is 2.00. The molecule has 78 valence electrons. The third kappa shape index (κ3) is 3.76. The summed E-state index contributed by atoms with van der Waals surface area (Å²) >= 11 is 7.79. The second kappa shape index (κ2) is 6.14. The minimum Gasteiger partial charge on any atom is -0.383 e. The molecule has 1 N–H and O–H groups in total. The number of nitrogens with zero attached hydrogens (tertiary/aromatic N) is 1. The molecule has 0 unspecified atom stereocenters. The first-order chi connectivity index (χ1) is 6.74. The van der Waals surface area contributed by atoms with Crippen LogP contribution in [0.15, 0.2) is 12.3 Å². The number of aromatic nitrogens is 1. The van der Waals surface area contributed by atoms with Crippen LogP contribution in [0.2, 0.25) is 5.15 Å². The van der Waals surface area contributed by atoms with Gasteiger partial charge in [-0.05, 0) is 37.0 Å². The summed E-state index contributed by atoms with van der Waals surface area (Å²) in [5.41, 5.74) is 2.06. The van der Waals surface area contributed by atoms with Crippen molar-refractivity contribution in [3.8, 4) is 0 Å². The number of hydrogen-bond donors (Lipinski definition) is 1. The van der Waals surface area contributed by atoms with E-state index in [2.05, 4.69) is 16.6 Å². The highest BCUT2D eigenvalue weighted by atomic mass is 35.5. The predicted octanol–water partition coefficient (Wildman–Crippen LogP) is 3.21. The van der Waals surface area contributed by atoms with E-state index in [0.717, 1.165) is 24.2 Å². The Morgan fingerprint density at radius 1 is 1.57 bits per heavy atom. The van der Waals surface area contributed by atoms with Crippen LogP contribution >= 0.6 is 23.4 Å². The Bertz CT molecular complexity index is 291. The Morgan fingerprint density at radius 2 is 2.36 bits per heavy atom. The van der Waals surface area contributed by atoms with E-state index in [1.165, 1.54) is 5.75 Å². The average molecular weight is 231 g/mol. The van der Waals surface area contributed by atoms with E-state index in [1.54, 1.807) is 6.20 Å². The van der Waals surface area contributed by atoms with Crippen molar-refractivity contribution in [1.82, 2.24) is 4.98 Å². The van der Waals surface area contributed by atoms with E-state index in [-0.39, 0.29) is 0 Å². The van der Waals surface area contributed by atoms with Crippen molar-refractivity contribution in [2.24, 2.45) is 0 Å². The Kier molecular flexibility index (Phi) is 5.12. The third-order valence-electron chi connectivity index (χ3n) is 1.82. The second-order valence-corrected chi connectivity index (χ2v) is 4.47. The van der Waals surface area contributed by atoms with Crippen molar-refractivity contribution in [3.05, 3.63) is 23.0 Å². The highest BCUT2D eigenvalue weighted by Crippen LogP contribution is 2.19. The van der Waals surface area contributed by atoms with E-state index in [9.17, 15) is 0 Å². The van der Waals surface area contributed by atoms with Crippen molar-refractivity contribution in [3.63, 3.8) is 0 Å². The van der Waals surface area contributed by atoms with E-state index in [0.29, 0.717) is 5.15 Å². The van der Waals surface area contributed by atoms with Gasteiger partial charge in [-0.3, -0.25) is 0 Å². The van der Waals surface area contributed by atoms with Crippen molar-refractivity contribution >= 4 is 29.1 Å². The van der Waals surface area contributed by atoms with Gasteiger partial charge in [-0.25, -0.2) is 4.98 Å². The molecule has 0 radical (unpaired) electrons. The quantitative estimate of drug-likeness (QED) is 0.621. The lowest BCUT2D eigenvalue weighted by Crippen LogP contribution is -2.03. The number of rotatable bonds is 5. The van der Waals surface area contributed by atoms with Gasteiger partial charge in [0.05, 0.1) is 5.69 Å². The molecule has 1 rings (SSSR count). The van der Waals surface area contributed by atoms with Crippen LogP contribution in [0.25, 0.3) is 0 Å². The minimum absolute atomic E-state index is 0.555. The van der Waals surface area contributed by atoms with Crippen LogP contribution in [0, 0.1) is 6.92 Å². The molecule has 0 aliphatic rings. The molecule has 0 saturated heterocycles. The topological polar surface area (TPSA) is 24.9 Å². The summed E-state index contributed by atoms with van der Waals surface area (Å²) < 4.78 is 0. The molecule has 1 aromatic heterocycles. The van der Waals surface area contributed by atoms with Gasteiger partial charge >= 0.3 is 0 Å². The van der Waals surface area contributed by atoms with Gasteiger partial charge < -0.3 is 5.32 Å². The van der Waals surface area contributed by atoms with E-state index >= 15 is 0 Å². The summed E-state index contributed by atoms with van der Waals surface area (Å²) in [4.78, 5) is 4.08. The van der Waals surface area contributed by atoms with Crippen LogP contribution in [-0.2, 0) is 0 Å². The van der Waals surface area contributed by atoms with E-state index in [4.69, 9.17) is 11.6 Å². The molecule has 0 saturated carbocycles. The molecule has 0 aliphatic carbocycles. The normalized spacial score (nSPS) is 10.2. The van der Waals surface area contributed by atoms with Crippen LogP contribution in [0.1, 0.15) is 12.0 Å². The van der Waals surface area contributed by atoms with Gasteiger partial charge in [0.15, 0.2) is 5.15 Å². The second-order valence-electron chi connectivity index (χ2n) is 3.12. The van der Waals surface area contributed by atoms with Crippen LogP contribution in [0.4, 0.5) is 5.69 Å². The third-order valence-corrected chi connectivity index (χ3v) is 2.81. The van der Waals surface area contributed by atoms with Gasteiger partial charge in [-0.15, -0.1) is 0 Å². The van der Waals surface area contributed by atoms with Gasteiger partial charge in [0.2, 0.25) is 0 Å². The lowest BCUT2D eigenvalue weighted by molar-refractivity contribution is 0.990. The number of aryl methyl sites for hydroxylation is 1. The van der Waals surface area contributed by atoms with Gasteiger partial charge in [-0.2, -0.15) is 11.8 Å². The Balaban J connectivity index is 2.45. The lowest BCUT2D eigenvalue weighted by Gasteiger charge is -2.07. The van der Waals surface area contributed by atoms with Gasteiger partial charge in [0, 0.05) is 12.7 Å².